The fourth-order valence-electron chi connectivity index (χ4n) is 3.92. The van der Waals surface area contributed by atoms with E-state index in [9.17, 15) is 14.4 Å². The lowest BCUT2D eigenvalue weighted by molar-refractivity contribution is -0.118. The number of amides is 1. The number of nitrogens with one attached hydrogen (secondary N) is 2. The molecule has 0 fully saturated rings. The molecular formula is C24H23N7O6. The minimum absolute atomic E-state index is 0.0527. The highest BCUT2D eigenvalue weighted by molar-refractivity contribution is 5.92. The van der Waals surface area contributed by atoms with Gasteiger partial charge in [-0.05, 0) is 12.1 Å². The second kappa shape index (κ2) is 9.53. The normalized spacial score (nSPS) is 12.0. The average Bonchev–Trinajstić information content (AvgIpc) is 3.61. The maximum Gasteiger partial charge on any atom is 0.333 e. The van der Waals surface area contributed by atoms with Gasteiger partial charge >= 0.3 is 5.69 Å². The first-order valence-corrected chi connectivity index (χ1v) is 11.2. The molecule has 0 spiro atoms. The Balaban J connectivity index is 1.37. The van der Waals surface area contributed by atoms with Gasteiger partial charge in [-0.15, -0.1) is 18.3 Å². The zero-order valence-corrected chi connectivity index (χ0v) is 19.9. The summed E-state index contributed by atoms with van der Waals surface area (Å²) in [5, 5.41) is 6.99. The van der Waals surface area contributed by atoms with Crippen LogP contribution in [0.3, 0.4) is 0 Å². The number of allylic oxidation sites excluding steroid dienone is 2. The Kier molecular flexibility index (Phi) is 6.09. The lowest BCUT2D eigenvalue weighted by atomic mass is 10.3. The number of carbonyl (C=O) groups is 1. The van der Waals surface area contributed by atoms with Gasteiger partial charge in [0.15, 0.2) is 29.6 Å². The van der Waals surface area contributed by atoms with Crippen LogP contribution in [0.4, 0.5) is 5.69 Å². The SMILES string of the molecule is C=CCn1c(=O)c2[nH]c(-c3cc(OCC(=O)Nc4ccc5c(c4)OCO5)nn3C)nc2n(CC=C)c1=O. The smallest absolute Gasteiger partial charge is 0.333 e. The van der Waals surface area contributed by atoms with E-state index >= 15 is 0 Å². The molecule has 1 amide bonds. The van der Waals surface area contributed by atoms with Crippen molar-refractivity contribution < 1.29 is 19.0 Å². The van der Waals surface area contributed by atoms with E-state index in [4.69, 9.17) is 14.2 Å². The molecule has 37 heavy (non-hydrogen) atoms. The highest BCUT2D eigenvalue weighted by atomic mass is 16.7. The monoisotopic (exact) mass is 505 g/mol. The molecule has 13 heteroatoms. The highest BCUT2D eigenvalue weighted by Crippen LogP contribution is 2.34. The van der Waals surface area contributed by atoms with E-state index in [1.54, 1.807) is 37.4 Å². The van der Waals surface area contributed by atoms with Crippen LogP contribution in [0.1, 0.15) is 0 Å². The molecule has 0 saturated carbocycles. The van der Waals surface area contributed by atoms with Gasteiger partial charge in [0.2, 0.25) is 12.7 Å². The van der Waals surface area contributed by atoms with Crippen LogP contribution in [0.5, 0.6) is 17.4 Å². The van der Waals surface area contributed by atoms with E-state index < -0.39 is 17.2 Å². The molecule has 0 saturated heterocycles. The number of aromatic nitrogens is 6. The molecule has 0 unspecified atom stereocenters. The number of carbonyl (C=O) groups excluding carboxylic acids is 1. The van der Waals surface area contributed by atoms with Gasteiger partial charge in [0.25, 0.3) is 11.5 Å². The van der Waals surface area contributed by atoms with E-state index in [0.717, 1.165) is 4.57 Å². The quantitative estimate of drug-likeness (QED) is 0.325. The first kappa shape index (κ1) is 23.7. The molecule has 4 aromatic rings. The number of anilines is 1. The van der Waals surface area contributed by atoms with Crippen molar-refractivity contribution in [2.75, 3.05) is 18.7 Å². The summed E-state index contributed by atoms with van der Waals surface area (Å²) >= 11 is 0. The first-order chi connectivity index (χ1) is 17.9. The molecule has 5 rings (SSSR count). The molecule has 4 heterocycles. The summed E-state index contributed by atoms with van der Waals surface area (Å²) in [6.07, 6.45) is 3.01. The predicted molar refractivity (Wildman–Crippen MR) is 134 cm³/mol. The second-order valence-electron chi connectivity index (χ2n) is 8.07. The fourth-order valence-corrected chi connectivity index (χ4v) is 3.92. The maximum atomic E-state index is 12.9. The summed E-state index contributed by atoms with van der Waals surface area (Å²) in [4.78, 5) is 45.6. The van der Waals surface area contributed by atoms with E-state index in [1.807, 2.05) is 0 Å². The predicted octanol–water partition coefficient (Wildman–Crippen LogP) is 1.40. The van der Waals surface area contributed by atoms with Crippen LogP contribution in [0.2, 0.25) is 0 Å². The lowest BCUT2D eigenvalue weighted by Gasteiger charge is -2.07. The minimum Gasteiger partial charge on any atom is -0.466 e. The topological polar surface area (TPSA) is 147 Å². The van der Waals surface area contributed by atoms with Crippen LogP contribution in [0.15, 0.2) is 59.2 Å². The van der Waals surface area contributed by atoms with Gasteiger partial charge in [-0.1, -0.05) is 12.2 Å². The fraction of sp³-hybridized carbons (Fsp3) is 0.208. The number of aryl methyl sites for hydroxylation is 1. The van der Waals surface area contributed by atoms with Crippen LogP contribution in [0.25, 0.3) is 22.7 Å². The van der Waals surface area contributed by atoms with Crippen molar-refractivity contribution in [2.24, 2.45) is 7.05 Å². The van der Waals surface area contributed by atoms with Crippen molar-refractivity contribution in [3.05, 3.63) is 70.4 Å². The number of hydrogen-bond donors (Lipinski definition) is 2. The summed E-state index contributed by atoms with van der Waals surface area (Å²) in [7, 11) is 1.66. The molecule has 0 aliphatic carbocycles. The van der Waals surface area contributed by atoms with Crippen LogP contribution in [-0.4, -0.2) is 48.2 Å². The molecule has 1 aromatic carbocycles. The number of nitrogens with zero attached hydrogens (tertiary/aromatic N) is 5. The Bertz CT molecular complexity index is 1660. The summed E-state index contributed by atoms with van der Waals surface area (Å²) in [5.41, 5.74) is 0.335. The third kappa shape index (κ3) is 4.37. The standard InChI is InChI=1S/C24H23N7O6/c1-4-8-30-22-20(23(33)31(9-5-2)24(30)34)26-21(27-22)15-11-19(28-29(15)3)35-12-18(32)25-14-6-7-16-17(10-14)37-13-36-16/h4-7,10-11H,1-2,8-9,12-13H2,3H3,(H,25,32)(H,26,27). The van der Waals surface area contributed by atoms with E-state index in [1.165, 1.54) is 15.3 Å². The summed E-state index contributed by atoms with van der Waals surface area (Å²) in [6.45, 7) is 7.35. The van der Waals surface area contributed by atoms with E-state index in [2.05, 4.69) is 33.5 Å². The number of imidazole rings is 1. The largest absolute Gasteiger partial charge is 0.466 e. The highest BCUT2D eigenvalue weighted by Gasteiger charge is 2.20. The summed E-state index contributed by atoms with van der Waals surface area (Å²) in [5.74, 6) is 1.24. The molecule has 2 N–H and O–H groups in total. The van der Waals surface area contributed by atoms with Crippen molar-refractivity contribution in [1.82, 2.24) is 28.9 Å². The van der Waals surface area contributed by atoms with Gasteiger partial charge in [-0.25, -0.2) is 9.78 Å². The van der Waals surface area contributed by atoms with Gasteiger partial charge in [0.05, 0.1) is 0 Å². The molecule has 3 aromatic heterocycles. The van der Waals surface area contributed by atoms with Crippen molar-refractivity contribution in [2.45, 2.75) is 13.1 Å². The number of ether oxygens (including phenoxy) is 3. The van der Waals surface area contributed by atoms with Crippen LogP contribution in [-0.2, 0) is 24.9 Å². The Morgan fingerprint density at radius 1 is 1.16 bits per heavy atom. The summed E-state index contributed by atoms with van der Waals surface area (Å²) in [6, 6.07) is 6.64. The number of aromatic amines is 1. The van der Waals surface area contributed by atoms with Crippen molar-refractivity contribution in [1.29, 1.82) is 0 Å². The maximum absolute atomic E-state index is 12.9. The molecule has 1 aliphatic rings. The molecule has 190 valence electrons. The van der Waals surface area contributed by atoms with Gasteiger partial charge < -0.3 is 24.5 Å². The molecule has 0 radical (unpaired) electrons. The second-order valence-corrected chi connectivity index (χ2v) is 8.07. The Hall–Kier alpha value is -5.07. The number of rotatable bonds is 9. The minimum atomic E-state index is -0.516. The average molecular weight is 505 g/mol. The molecule has 13 nitrogen and oxygen atoms in total. The zero-order valence-electron chi connectivity index (χ0n) is 19.9. The molecule has 0 atom stereocenters. The number of H-pyrrole nitrogens is 1. The molecule has 0 bridgehead atoms. The lowest BCUT2D eigenvalue weighted by Crippen LogP contribution is -2.39. The van der Waals surface area contributed by atoms with Crippen LogP contribution in [0, 0.1) is 0 Å². The van der Waals surface area contributed by atoms with Crippen LogP contribution >= 0.6 is 0 Å². The Morgan fingerprint density at radius 2 is 1.92 bits per heavy atom. The number of benzene rings is 1. The van der Waals surface area contributed by atoms with E-state index in [0.29, 0.717) is 28.7 Å². The Morgan fingerprint density at radius 3 is 2.70 bits per heavy atom. The number of fused-ring (bicyclic) bond motifs is 2. The van der Waals surface area contributed by atoms with Crippen molar-refractivity contribution in [3.63, 3.8) is 0 Å². The van der Waals surface area contributed by atoms with Gasteiger partial charge in [-0.2, -0.15) is 0 Å². The number of hydrogen-bond acceptors (Lipinski definition) is 8. The molecule has 1 aliphatic heterocycles. The molecular weight excluding hydrogens is 482 g/mol. The van der Waals surface area contributed by atoms with Gasteiger partial charge in [0, 0.05) is 38.0 Å². The van der Waals surface area contributed by atoms with Crippen LogP contribution < -0.4 is 30.8 Å². The summed E-state index contributed by atoms with van der Waals surface area (Å²) < 4.78 is 20.0. The van der Waals surface area contributed by atoms with Gasteiger partial charge in [-0.3, -0.25) is 23.4 Å². The third-order valence-corrected chi connectivity index (χ3v) is 5.59. The Labute approximate surface area is 209 Å². The van der Waals surface area contributed by atoms with Crippen molar-refractivity contribution in [3.8, 4) is 28.9 Å². The third-order valence-electron chi connectivity index (χ3n) is 5.59. The first-order valence-electron chi connectivity index (χ1n) is 11.2. The van der Waals surface area contributed by atoms with Crippen molar-refractivity contribution >= 4 is 22.8 Å². The van der Waals surface area contributed by atoms with E-state index in [-0.39, 0.29) is 43.5 Å². The zero-order chi connectivity index (χ0) is 26.1. The van der Waals surface area contributed by atoms with Gasteiger partial charge in [0.1, 0.15) is 11.2 Å².